The molecule has 1 aliphatic carbocycles. The van der Waals surface area contributed by atoms with Crippen molar-refractivity contribution in [3.63, 3.8) is 0 Å². The van der Waals surface area contributed by atoms with Gasteiger partial charge in [-0.15, -0.1) is 11.3 Å². The second kappa shape index (κ2) is 8.21. The Morgan fingerprint density at radius 2 is 1.93 bits per heavy atom. The predicted molar refractivity (Wildman–Crippen MR) is 110 cm³/mol. The van der Waals surface area contributed by atoms with Gasteiger partial charge in [0.05, 0.1) is 14.2 Å². The molecule has 0 spiro atoms. The molecule has 3 aromatic rings. The number of rotatable bonds is 7. The monoisotopic (exact) mass is 412 g/mol. The number of carbonyl (C=O) groups excluding carboxylic acids is 1. The average molecular weight is 412 g/mol. The van der Waals surface area contributed by atoms with E-state index in [1.54, 1.807) is 42.7 Å². The summed E-state index contributed by atoms with van der Waals surface area (Å²) in [5.74, 6) is 0.773. The number of aromatic nitrogens is 1. The number of thiazole rings is 1. The van der Waals surface area contributed by atoms with Gasteiger partial charge in [0, 0.05) is 29.1 Å². The van der Waals surface area contributed by atoms with Gasteiger partial charge >= 0.3 is 0 Å². The van der Waals surface area contributed by atoms with Crippen LogP contribution in [0, 0.1) is 5.82 Å². The Balaban J connectivity index is 1.58. The Bertz CT molecular complexity index is 1030. The van der Waals surface area contributed by atoms with Gasteiger partial charge in [0.25, 0.3) is 5.91 Å². The van der Waals surface area contributed by atoms with E-state index in [1.807, 2.05) is 18.2 Å². The van der Waals surface area contributed by atoms with Gasteiger partial charge in [-0.25, -0.2) is 9.37 Å². The number of hydrogen-bond acceptors (Lipinski definition) is 5. The number of methoxy groups -OCH3 is 2. The van der Waals surface area contributed by atoms with Gasteiger partial charge in [0.15, 0.2) is 11.5 Å². The van der Waals surface area contributed by atoms with Crippen molar-refractivity contribution in [1.29, 1.82) is 0 Å². The van der Waals surface area contributed by atoms with Crippen LogP contribution in [0.25, 0.3) is 10.6 Å². The molecule has 1 aliphatic rings. The molecule has 4 rings (SSSR count). The van der Waals surface area contributed by atoms with E-state index < -0.39 is 0 Å². The lowest BCUT2D eigenvalue weighted by atomic mass is 10.2. The van der Waals surface area contributed by atoms with Crippen molar-refractivity contribution in [3.05, 3.63) is 64.9 Å². The normalized spacial score (nSPS) is 13.2. The third-order valence-corrected chi connectivity index (χ3v) is 5.79. The molecule has 1 aromatic heterocycles. The number of hydrogen-bond donors (Lipinski definition) is 0. The maximum atomic E-state index is 14.1. The van der Waals surface area contributed by atoms with Crippen molar-refractivity contribution >= 4 is 17.2 Å². The first-order chi connectivity index (χ1) is 14.1. The quantitative estimate of drug-likeness (QED) is 0.561. The smallest absolute Gasteiger partial charge is 0.273 e. The summed E-state index contributed by atoms with van der Waals surface area (Å²) in [7, 11) is 3.16. The van der Waals surface area contributed by atoms with E-state index in [0.717, 1.165) is 23.4 Å². The summed E-state index contributed by atoms with van der Waals surface area (Å²) in [5, 5.41) is 2.47. The summed E-state index contributed by atoms with van der Waals surface area (Å²) in [6.45, 7) is 0.249. The third-order valence-electron chi connectivity index (χ3n) is 4.90. The zero-order chi connectivity index (χ0) is 20.4. The Morgan fingerprint density at radius 3 is 2.62 bits per heavy atom. The Kier molecular flexibility index (Phi) is 5.49. The molecule has 150 valence electrons. The van der Waals surface area contributed by atoms with E-state index >= 15 is 0 Å². The SMILES string of the molecule is COc1ccc(-c2nc(C(=O)N(Cc3ccccc3F)C3CC3)cs2)cc1OC. The number of benzene rings is 2. The second-order valence-electron chi connectivity index (χ2n) is 6.86. The fourth-order valence-electron chi connectivity index (χ4n) is 3.18. The highest BCUT2D eigenvalue weighted by Gasteiger charge is 2.34. The molecule has 0 radical (unpaired) electrons. The van der Waals surface area contributed by atoms with Crippen LogP contribution >= 0.6 is 11.3 Å². The maximum absolute atomic E-state index is 14.1. The molecule has 0 aliphatic heterocycles. The molecule has 0 saturated heterocycles. The average Bonchev–Trinajstić information content (AvgIpc) is 3.47. The van der Waals surface area contributed by atoms with Crippen LogP contribution < -0.4 is 9.47 Å². The molecule has 0 bridgehead atoms. The molecule has 2 aromatic carbocycles. The van der Waals surface area contributed by atoms with Crippen molar-refractivity contribution in [2.75, 3.05) is 14.2 Å². The van der Waals surface area contributed by atoms with Crippen molar-refractivity contribution in [2.45, 2.75) is 25.4 Å². The van der Waals surface area contributed by atoms with E-state index in [4.69, 9.17) is 9.47 Å². The topological polar surface area (TPSA) is 51.7 Å². The van der Waals surface area contributed by atoms with Crippen LogP contribution in [-0.4, -0.2) is 36.1 Å². The van der Waals surface area contributed by atoms with Gasteiger partial charge in [-0.1, -0.05) is 18.2 Å². The molecular weight excluding hydrogens is 391 g/mol. The molecule has 1 fully saturated rings. The number of amides is 1. The highest BCUT2D eigenvalue weighted by molar-refractivity contribution is 7.13. The van der Waals surface area contributed by atoms with Gasteiger partial charge in [0.2, 0.25) is 0 Å². The van der Waals surface area contributed by atoms with Crippen LogP contribution in [0.4, 0.5) is 4.39 Å². The second-order valence-corrected chi connectivity index (χ2v) is 7.72. The highest BCUT2D eigenvalue weighted by Crippen LogP contribution is 2.35. The van der Waals surface area contributed by atoms with Crippen molar-refractivity contribution in [2.24, 2.45) is 0 Å². The minimum atomic E-state index is -0.296. The fraction of sp³-hybridized carbons (Fsp3) is 0.273. The first-order valence-electron chi connectivity index (χ1n) is 9.33. The van der Waals surface area contributed by atoms with E-state index in [9.17, 15) is 9.18 Å². The van der Waals surface area contributed by atoms with Gasteiger partial charge in [-0.3, -0.25) is 4.79 Å². The zero-order valence-electron chi connectivity index (χ0n) is 16.2. The van der Waals surface area contributed by atoms with E-state index in [2.05, 4.69) is 4.98 Å². The van der Waals surface area contributed by atoms with Crippen LogP contribution in [0.3, 0.4) is 0 Å². The van der Waals surface area contributed by atoms with Gasteiger partial charge < -0.3 is 14.4 Å². The molecule has 0 atom stereocenters. The lowest BCUT2D eigenvalue weighted by molar-refractivity contribution is 0.0723. The number of ether oxygens (including phenoxy) is 2. The van der Waals surface area contributed by atoms with Crippen LogP contribution in [0.2, 0.25) is 0 Å². The highest BCUT2D eigenvalue weighted by atomic mass is 32.1. The fourth-order valence-corrected chi connectivity index (χ4v) is 3.97. The molecular formula is C22H21FN2O3S. The largest absolute Gasteiger partial charge is 0.493 e. The number of carbonyl (C=O) groups is 1. The van der Waals surface area contributed by atoms with Crippen LogP contribution in [0.1, 0.15) is 28.9 Å². The van der Waals surface area contributed by atoms with E-state index in [-0.39, 0.29) is 24.3 Å². The van der Waals surface area contributed by atoms with Crippen molar-refractivity contribution in [3.8, 4) is 22.1 Å². The zero-order valence-corrected chi connectivity index (χ0v) is 17.0. The first kappa shape index (κ1) is 19.4. The van der Waals surface area contributed by atoms with E-state index in [0.29, 0.717) is 22.8 Å². The maximum Gasteiger partial charge on any atom is 0.273 e. The van der Waals surface area contributed by atoms with Crippen LogP contribution in [0.5, 0.6) is 11.5 Å². The lowest BCUT2D eigenvalue weighted by Crippen LogP contribution is -2.33. The summed E-state index contributed by atoms with van der Waals surface area (Å²) >= 11 is 1.39. The molecule has 0 N–H and O–H groups in total. The summed E-state index contributed by atoms with van der Waals surface area (Å²) in [5.41, 5.74) is 1.74. The Hall–Kier alpha value is -2.93. The van der Waals surface area contributed by atoms with Gasteiger partial charge in [0.1, 0.15) is 16.5 Å². The summed E-state index contributed by atoms with van der Waals surface area (Å²) in [6, 6.07) is 12.2. The Morgan fingerprint density at radius 1 is 1.17 bits per heavy atom. The molecule has 0 unspecified atom stereocenters. The molecule has 1 saturated carbocycles. The van der Waals surface area contributed by atoms with Crippen LogP contribution in [0.15, 0.2) is 47.8 Å². The third kappa shape index (κ3) is 4.10. The van der Waals surface area contributed by atoms with Crippen LogP contribution in [-0.2, 0) is 6.54 Å². The summed E-state index contributed by atoms with van der Waals surface area (Å²) in [4.78, 5) is 19.4. The summed E-state index contributed by atoms with van der Waals surface area (Å²) < 4.78 is 24.7. The predicted octanol–water partition coefficient (Wildman–Crippen LogP) is 4.77. The van der Waals surface area contributed by atoms with Crippen molar-refractivity contribution < 1.29 is 18.7 Å². The minimum Gasteiger partial charge on any atom is -0.493 e. The van der Waals surface area contributed by atoms with E-state index in [1.165, 1.54) is 17.4 Å². The molecule has 1 amide bonds. The minimum absolute atomic E-state index is 0.147. The summed E-state index contributed by atoms with van der Waals surface area (Å²) in [6.07, 6.45) is 1.87. The van der Waals surface area contributed by atoms with Gasteiger partial charge in [-0.05, 0) is 37.1 Å². The van der Waals surface area contributed by atoms with Gasteiger partial charge in [-0.2, -0.15) is 0 Å². The molecule has 1 heterocycles. The number of nitrogens with zero attached hydrogens (tertiary/aromatic N) is 2. The first-order valence-corrected chi connectivity index (χ1v) is 10.2. The molecule has 5 nitrogen and oxygen atoms in total. The molecule has 7 heteroatoms. The van der Waals surface area contributed by atoms with Crippen molar-refractivity contribution in [1.82, 2.24) is 9.88 Å². The lowest BCUT2D eigenvalue weighted by Gasteiger charge is -2.21. The standard InChI is InChI=1S/C22H21FN2O3S/c1-27-19-10-7-14(11-20(19)28-2)21-24-18(13-29-21)22(26)25(16-8-9-16)12-15-5-3-4-6-17(15)23/h3-7,10-11,13,16H,8-9,12H2,1-2H3. The number of halogens is 1. The Labute approximate surface area is 172 Å². The molecule has 29 heavy (non-hydrogen) atoms.